The van der Waals surface area contributed by atoms with Crippen LogP contribution in [-0.2, 0) is 4.87 Å². The zero-order valence-electron chi connectivity index (χ0n) is 8.74. The fourth-order valence-corrected chi connectivity index (χ4v) is 2.29. The summed E-state index contributed by atoms with van der Waals surface area (Å²) < 4.78 is 0. The molecule has 0 heterocycles. The van der Waals surface area contributed by atoms with Crippen molar-refractivity contribution >= 4 is 23.2 Å². The Bertz CT molecular complexity index is 397. The number of hydrogen-bond donors (Lipinski definition) is 0. The molecule has 2 heteroatoms. The molecule has 0 saturated heterocycles. The molecule has 16 heavy (non-hydrogen) atoms. The van der Waals surface area contributed by atoms with Gasteiger partial charge in [-0.25, -0.2) is 0 Å². The minimum atomic E-state index is -0.635. The topological polar surface area (TPSA) is 0 Å². The van der Waals surface area contributed by atoms with Crippen LogP contribution in [0.15, 0.2) is 60.7 Å². The fraction of sp³-hybridized carbons (Fsp3) is 0.143. The fourth-order valence-electron chi connectivity index (χ4n) is 1.73. The smallest absolute Gasteiger partial charge is 0.108 e. The summed E-state index contributed by atoms with van der Waals surface area (Å²) in [5, 5.41) is 0. The second-order valence-corrected chi connectivity index (χ2v) is 4.58. The summed E-state index contributed by atoms with van der Waals surface area (Å²) in [7, 11) is 0. The maximum Gasteiger partial charge on any atom is 0.108 e. The Labute approximate surface area is 106 Å². The SMILES string of the molecule is ClCC(Cl)(c1ccccc1)c1ccccc1. The van der Waals surface area contributed by atoms with Gasteiger partial charge in [0.2, 0.25) is 0 Å². The molecular formula is C14H12Cl2. The van der Waals surface area contributed by atoms with E-state index in [1.807, 2.05) is 60.7 Å². The summed E-state index contributed by atoms with van der Waals surface area (Å²) in [6.45, 7) is 0. The van der Waals surface area contributed by atoms with Gasteiger partial charge in [0, 0.05) is 5.88 Å². The highest BCUT2D eigenvalue weighted by atomic mass is 35.5. The zero-order valence-corrected chi connectivity index (χ0v) is 10.2. The van der Waals surface area contributed by atoms with Crippen LogP contribution in [0.1, 0.15) is 11.1 Å². The van der Waals surface area contributed by atoms with E-state index in [-0.39, 0.29) is 0 Å². The highest BCUT2D eigenvalue weighted by molar-refractivity contribution is 6.32. The molecule has 0 aliphatic carbocycles. The van der Waals surface area contributed by atoms with E-state index >= 15 is 0 Å². The monoisotopic (exact) mass is 250 g/mol. The third-order valence-electron chi connectivity index (χ3n) is 2.65. The van der Waals surface area contributed by atoms with Crippen molar-refractivity contribution < 1.29 is 0 Å². The Hall–Kier alpha value is -0.980. The van der Waals surface area contributed by atoms with Crippen molar-refractivity contribution in [2.24, 2.45) is 0 Å². The zero-order chi connectivity index (χ0) is 11.4. The lowest BCUT2D eigenvalue weighted by Gasteiger charge is -2.25. The normalized spacial score (nSPS) is 11.4. The average molecular weight is 251 g/mol. The van der Waals surface area contributed by atoms with Gasteiger partial charge in [-0.05, 0) is 11.1 Å². The summed E-state index contributed by atoms with van der Waals surface area (Å²) in [5.74, 6) is 0.350. The van der Waals surface area contributed by atoms with Crippen LogP contribution in [-0.4, -0.2) is 5.88 Å². The molecule has 0 atom stereocenters. The lowest BCUT2D eigenvalue weighted by molar-refractivity contribution is 0.831. The molecule has 0 aliphatic heterocycles. The third kappa shape index (κ3) is 2.09. The van der Waals surface area contributed by atoms with Crippen molar-refractivity contribution in [2.45, 2.75) is 4.87 Å². The maximum atomic E-state index is 6.64. The van der Waals surface area contributed by atoms with Crippen LogP contribution in [0, 0.1) is 0 Å². The molecule has 0 spiro atoms. The molecule has 0 N–H and O–H groups in total. The molecule has 0 aromatic heterocycles. The minimum absolute atomic E-state index is 0.350. The van der Waals surface area contributed by atoms with Crippen molar-refractivity contribution in [2.75, 3.05) is 5.88 Å². The number of hydrogen-bond acceptors (Lipinski definition) is 0. The van der Waals surface area contributed by atoms with Crippen LogP contribution >= 0.6 is 23.2 Å². The number of halogens is 2. The first-order valence-corrected chi connectivity index (χ1v) is 6.04. The largest absolute Gasteiger partial charge is 0.124 e. The van der Waals surface area contributed by atoms with E-state index < -0.39 is 4.87 Å². The standard InChI is InChI=1S/C14H12Cl2/c15-11-14(16,12-7-3-1-4-8-12)13-9-5-2-6-10-13/h1-10H,11H2. The summed E-state index contributed by atoms with van der Waals surface area (Å²) in [4.78, 5) is -0.635. The van der Waals surface area contributed by atoms with E-state index in [1.165, 1.54) is 0 Å². The average Bonchev–Trinajstić information content (AvgIpc) is 2.40. The predicted molar refractivity (Wildman–Crippen MR) is 70.2 cm³/mol. The van der Waals surface area contributed by atoms with Gasteiger partial charge in [0.25, 0.3) is 0 Å². The molecule has 0 unspecified atom stereocenters. The summed E-state index contributed by atoms with van der Waals surface area (Å²) in [5.41, 5.74) is 2.05. The molecule has 2 rings (SSSR count). The van der Waals surface area contributed by atoms with Gasteiger partial charge in [0.15, 0.2) is 0 Å². The van der Waals surface area contributed by atoms with E-state index in [4.69, 9.17) is 23.2 Å². The molecule has 0 bridgehead atoms. The first kappa shape index (κ1) is 11.5. The molecule has 0 aliphatic rings. The van der Waals surface area contributed by atoms with Gasteiger partial charge in [-0.15, -0.1) is 23.2 Å². The van der Waals surface area contributed by atoms with E-state index in [2.05, 4.69) is 0 Å². The molecule has 0 radical (unpaired) electrons. The Morgan fingerprint density at radius 3 is 1.44 bits per heavy atom. The molecular weight excluding hydrogens is 239 g/mol. The Balaban J connectivity index is 2.49. The number of benzene rings is 2. The molecule has 0 fully saturated rings. The Morgan fingerprint density at radius 2 is 1.12 bits per heavy atom. The Kier molecular flexibility index (Phi) is 3.52. The van der Waals surface area contributed by atoms with E-state index in [0.717, 1.165) is 11.1 Å². The van der Waals surface area contributed by atoms with Crippen LogP contribution in [0.3, 0.4) is 0 Å². The van der Waals surface area contributed by atoms with Gasteiger partial charge >= 0.3 is 0 Å². The second-order valence-electron chi connectivity index (χ2n) is 3.67. The number of rotatable bonds is 3. The Morgan fingerprint density at radius 1 is 0.750 bits per heavy atom. The molecule has 0 saturated carbocycles. The van der Waals surface area contributed by atoms with Crippen molar-refractivity contribution in [3.8, 4) is 0 Å². The number of alkyl halides is 2. The lowest BCUT2D eigenvalue weighted by Crippen LogP contribution is -2.22. The van der Waals surface area contributed by atoms with Crippen molar-refractivity contribution in [1.82, 2.24) is 0 Å². The second kappa shape index (κ2) is 4.90. The summed E-state index contributed by atoms with van der Waals surface area (Å²) in [6.07, 6.45) is 0. The van der Waals surface area contributed by atoms with Crippen molar-refractivity contribution in [3.05, 3.63) is 71.8 Å². The third-order valence-corrected chi connectivity index (χ3v) is 3.75. The van der Waals surface area contributed by atoms with Gasteiger partial charge in [-0.2, -0.15) is 0 Å². The van der Waals surface area contributed by atoms with Crippen LogP contribution < -0.4 is 0 Å². The molecule has 2 aromatic rings. The molecule has 2 aromatic carbocycles. The lowest BCUT2D eigenvalue weighted by atomic mass is 9.92. The molecule has 0 nitrogen and oxygen atoms in total. The highest BCUT2D eigenvalue weighted by Crippen LogP contribution is 2.37. The van der Waals surface area contributed by atoms with E-state index in [1.54, 1.807) is 0 Å². The van der Waals surface area contributed by atoms with Crippen LogP contribution in [0.4, 0.5) is 0 Å². The quantitative estimate of drug-likeness (QED) is 0.709. The highest BCUT2D eigenvalue weighted by Gasteiger charge is 2.30. The van der Waals surface area contributed by atoms with Crippen molar-refractivity contribution in [3.63, 3.8) is 0 Å². The first-order valence-electron chi connectivity index (χ1n) is 5.13. The van der Waals surface area contributed by atoms with Gasteiger partial charge in [0.1, 0.15) is 4.87 Å². The molecule has 0 amide bonds. The van der Waals surface area contributed by atoms with Crippen LogP contribution in [0.5, 0.6) is 0 Å². The van der Waals surface area contributed by atoms with Gasteiger partial charge < -0.3 is 0 Å². The predicted octanol–water partition coefficient (Wildman–Crippen LogP) is 4.41. The summed E-state index contributed by atoms with van der Waals surface area (Å²) in [6, 6.07) is 19.9. The minimum Gasteiger partial charge on any atom is -0.124 e. The van der Waals surface area contributed by atoms with E-state index in [0.29, 0.717) is 5.88 Å². The maximum absolute atomic E-state index is 6.64. The van der Waals surface area contributed by atoms with Crippen molar-refractivity contribution in [1.29, 1.82) is 0 Å². The summed E-state index contributed by atoms with van der Waals surface area (Å²) >= 11 is 12.7. The van der Waals surface area contributed by atoms with Gasteiger partial charge in [0.05, 0.1) is 0 Å². The molecule has 82 valence electrons. The van der Waals surface area contributed by atoms with Crippen LogP contribution in [0.2, 0.25) is 0 Å². The van der Waals surface area contributed by atoms with Gasteiger partial charge in [-0.3, -0.25) is 0 Å². The first-order chi connectivity index (χ1) is 7.77. The van der Waals surface area contributed by atoms with Crippen LogP contribution in [0.25, 0.3) is 0 Å². The van der Waals surface area contributed by atoms with E-state index in [9.17, 15) is 0 Å². The van der Waals surface area contributed by atoms with Gasteiger partial charge in [-0.1, -0.05) is 60.7 Å².